The van der Waals surface area contributed by atoms with Crippen LogP contribution in [-0.2, 0) is 11.3 Å². The van der Waals surface area contributed by atoms with Gasteiger partial charge in [0.1, 0.15) is 5.15 Å². The SMILES string of the molecule is COCc1cc(Cl)nc(-c2cccc(Br)c2)n1. The molecule has 2 rings (SSSR count). The van der Waals surface area contributed by atoms with Crippen molar-refractivity contribution < 1.29 is 4.74 Å². The first-order chi connectivity index (χ1) is 8.19. The molecule has 0 aliphatic rings. The zero-order valence-electron chi connectivity index (χ0n) is 9.15. The lowest BCUT2D eigenvalue weighted by Gasteiger charge is -2.05. The number of hydrogen-bond acceptors (Lipinski definition) is 3. The highest BCUT2D eigenvalue weighted by molar-refractivity contribution is 9.10. The van der Waals surface area contributed by atoms with Crippen LogP contribution in [0.5, 0.6) is 0 Å². The molecule has 3 nitrogen and oxygen atoms in total. The van der Waals surface area contributed by atoms with Crippen LogP contribution in [0.15, 0.2) is 34.8 Å². The Morgan fingerprint density at radius 2 is 2.12 bits per heavy atom. The molecule has 0 amide bonds. The van der Waals surface area contributed by atoms with E-state index in [0.29, 0.717) is 17.6 Å². The minimum Gasteiger partial charge on any atom is -0.378 e. The molecule has 0 atom stereocenters. The second-order valence-electron chi connectivity index (χ2n) is 3.45. The lowest BCUT2D eigenvalue weighted by atomic mass is 10.2. The molecule has 0 unspecified atom stereocenters. The number of rotatable bonds is 3. The number of halogens is 2. The van der Waals surface area contributed by atoms with Gasteiger partial charge in [-0.3, -0.25) is 0 Å². The van der Waals surface area contributed by atoms with E-state index in [0.717, 1.165) is 15.7 Å². The summed E-state index contributed by atoms with van der Waals surface area (Å²) in [7, 11) is 1.62. The topological polar surface area (TPSA) is 35.0 Å². The van der Waals surface area contributed by atoms with Crippen LogP contribution < -0.4 is 0 Å². The molecule has 17 heavy (non-hydrogen) atoms. The minimum absolute atomic E-state index is 0.419. The Hall–Kier alpha value is -0.970. The van der Waals surface area contributed by atoms with Gasteiger partial charge in [-0.15, -0.1) is 0 Å². The highest BCUT2D eigenvalue weighted by atomic mass is 79.9. The summed E-state index contributed by atoms with van der Waals surface area (Å²) in [6, 6.07) is 9.46. The van der Waals surface area contributed by atoms with Crippen LogP contribution in [0.1, 0.15) is 5.69 Å². The molecule has 0 aliphatic carbocycles. The van der Waals surface area contributed by atoms with Gasteiger partial charge in [-0.2, -0.15) is 0 Å². The number of aromatic nitrogens is 2. The van der Waals surface area contributed by atoms with Gasteiger partial charge < -0.3 is 4.74 Å². The molecule has 1 heterocycles. The molecule has 0 fully saturated rings. The Kier molecular flexibility index (Phi) is 4.10. The number of hydrogen-bond donors (Lipinski definition) is 0. The predicted molar refractivity (Wildman–Crippen MR) is 70.9 cm³/mol. The van der Waals surface area contributed by atoms with E-state index in [-0.39, 0.29) is 0 Å². The van der Waals surface area contributed by atoms with Crippen LogP contribution in [0.3, 0.4) is 0 Å². The van der Waals surface area contributed by atoms with Crippen LogP contribution in [0.25, 0.3) is 11.4 Å². The average Bonchev–Trinajstić information content (AvgIpc) is 2.28. The molecule has 5 heteroatoms. The standard InChI is InChI=1S/C12H10BrClN2O/c1-17-7-10-6-11(14)16-12(15-10)8-3-2-4-9(13)5-8/h2-6H,7H2,1H3. The van der Waals surface area contributed by atoms with Crippen LogP contribution >= 0.6 is 27.5 Å². The van der Waals surface area contributed by atoms with Crippen LogP contribution in [0.4, 0.5) is 0 Å². The largest absolute Gasteiger partial charge is 0.378 e. The number of ether oxygens (including phenoxy) is 1. The molecule has 0 spiro atoms. The van der Waals surface area contributed by atoms with Gasteiger partial charge in [0.2, 0.25) is 0 Å². The summed E-state index contributed by atoms with van der Waals surface area (Å²) in [5.74, 6) is 0.603. The molecule has 0 aliphatic heterocycles. The van der Waals surface area contributed by atoms with Crippen LogP contribution in [0.2, 0.25) is 5.15 Å². The quantitative estimate of drug-likeness (QED) is 0.810. The molecule has 88 valence electrons. The first-order valence-electron chi connectivity index (χ1n) is 4.97. The van der Waals surface area contributed by atoms with Crippen molar-refractivity contribution in [3.63, 3.8) is 0 Å². The minimum atomic E-state index is 0.419. The third-order valence-corrected chi connectivity index (χ3v) is 2.81. The lowest BCUT2D eigenvalue weighted by Crippen LogP contribution is -1.97. The van der Waals surface area contributed by atoms with Gasteiger partial charge in [0.05, 0.1) is 12.3 Å². The Morgan fingerprint density at radius 3 is 2.82 bits per heavy atom. The molecule has 0 bridgehead atoms. The van der Waals surface area contributed by atoms with Crippen molar-refractivity contribution in [2.24, 2.45) is 0 Å². The fourth-order valence-electron chi connectivity index (χ4n) is 1.44. The van der Waals surface area contributed by atoms with Crippen LogP contribution in [0, 0.1) is 0 Å². The molecular weight excluding hydrogens is 304 g/mol. The van der Waals surface area contributed by atoms with Gasteiger partial charge in [0.15, 0.2) is 5.82 Å². The lowest BCUT2D eigenvalue weighted by molar-refractivity contribution is 0.181. The Bertz CT molecular complexity index is 534. The second kappa shape index (κ2) is 5.58. The van der Waals surface area contributed by atoms with Crippen molar-refractivity contribution in [2.45, 2.75) is 6.61 Å². The molecule has 0 saturated carbocycles. The fraction of sp³-hybridized carbons (Fsp3) is 0.167. The Balaban J connectivity index is 2.44. The molecule has 0 N–H and O–H groups in total. The smallest absolute Gasteiger partial charge is 0.161 e. The molecular formula is C12H10BrClN2O. The molecule has 1 aromatic carbocycles. The highest BCUT2D eigenvalue weighted by Gasteiger charge is 2.06. The van der Waals surface area contributed by atoms with E-state index in [9.17, 15) is 0 Å². The van der Waals surface area contributed by atoms with Crippen molar-refractivity contribution >= 4 is 27.5 Å². The van der Waals surface area contributed by atoms with E-state index in [1.54, 1.807) is 13.2 Å². The summed E-state index contributed by atoms with van der Waals surface area (Å²) >= 11 is 9.37. The summed E-state index contributed by atoms with van der Waals surface area (Å²) in [4.78, 5) is 8.60. The highest BCUT2D eigenvalue weighted by Crippen LogP contribution is 2.21. The number of methoxy groups -OCH3 is 1. The number of nitrogens with zero attached hydrogens (tertiary/aromatic N) is 2. The molecule has 0 saturated heterocycles. The molecule has 0 radical (unpaired) electrons. The monoisotopic (exact) mass is 312 g/mol. The summed E-state index contributed by atoms with van der Waals surface area (Å²) < 4.78 is 6.02. The summed E-state index contributed by atoms with van der Waals surface area (Å²) in [6.07, 6.45) is 0. The maximum atomic E-state index is 5.96. The predicted octanol–water partition coefficient (Wildman–Crippen LogP) is 3.71. The fourth-order valence-corrected chi connectivity index (χ4v) is 2.05. The second-order valence-corrected chi connectivity index (χ2v) is 4.75. The van der Waals surface area contributed by atoms with Gasteiger partial charge >= 0.3 is 0 Å². The first-order valence-corrected chi connectivity index (χ1v) is 6.14. The van der Waals surface area contributed by atoms with E-state index in [4.69, 9.17) is 16.3 Å². The Morgan fingerprint density at radius 1 is 1.29 bits per heavy atom. The van der Waals surface area contributed by atoms with Gasteiger partial charge in [-0.1, -0.05) is 39.7 Å². The van der Waals surface area contributed by atoms with Crippen molar-refractivity contribution in [3.8, 4) is 11.4 Å². The molecule has 2 aromatic rings. The van der Waals surface area contributed by atoms with Gasteiger partial charge in [0, 0.05) is 17.1 Å². The van der Waals surface area contributed by atoms with Crippen molar-refractivity contribution in [1.82, 2.24) is 9.97 Å². The van der Waals surface area contributed by atoms with Gasteiger partial charge in [0.25, 0.3) is 0 Å². The van der Waals surface area contributed by atoms with Crippen molar-refractivity contribution in [2.75, 3.05) is 7.11 Å². The van der Waals surface area contributed by atoms with E-state index < -0.39 is 0 Å². The first kappa shape index (κ1) is 12.5. The summed E-state index contributed by atoms with van der Waals surface area (Å²) in [5.41, 5.74) is 1.68. The average molecular weight is 314 g/mol. The van der Waals surface area contributed by atoms with Crippen molar-refractivity contribution in [3.05, 3.63) is 45.7 Å². The van der Waals surface area contributed by atoms with E-state index in [2.05, 4.69) is 25.9 Å². The maximum absolute atomic E-state index is 5.96. The normalized spacial score (nSPS) is 10.5. The zero-order valence-corrected chi connectivity index (χ0v) is 11.5. The van der Waals surface area contributed by atoms with Crippen LogP contribution in [-0.4, -0.2) is 17.1 Å². The van der Waals surface area contributed by atoms with Crippen molar-refractivity contribution in [1.29, 1.82) is 0 Å². The molecule has 1 aromatic heterocycles. The van der Waals surface area contributed by atoms with E-state index >= 15 is 0 Å². The maximum Gasteiger partial charge on any atom is 0.161 e. The van der Waals surface area contributed by atoms with Gasteiger partial charge in [-0.05, 0) is 18.2 Å². The summed E-state index contributed by atoms with van der Waals surface area (Å²) in [6.45, 7) is 0.420. The Labute approximate surface area is 113 Å². The summed E-state index contributed by atoms with van der Waals surface area (Å²) in [5, 5.41) is 0.419. The number of benzene rings is 1. The van der Waals surface area contributed by atoms with E-state index in [1.165, 1.54) is 0 Å². The third kappa shape index (κ3) is 3.25. The van der Waals surface area contributed by atoms with Gasteiger partial charge in [-0.25, -0.2) is 9.97 Å². The zero-order chi connectivity index (χ0) is 12.3. The van der Waals surface area contributed by atoms with E-state index in [1.807, 2.05) is 24.3 Å². The third-order valence-electron chi connectivity index (χ3n) is 2.12.